The molecular weight excluding hydrogens is 268 g/mol. The first-order chi connectivity index (χ1) is 10.2. The summed E-state index contributed by atoms with van der Waals surface area (Å²) in [4.78, 5) is 22.9. The molecule has 0 radical (unpaired) electrons. The van der Waals surface area contributed by atoms with Gasteiger partial charge in [-0.2, -0.15) is 0 Å². The summed E-state index contributed by atoms with van der Waals surface area (Å²) in [6.07, 6.45) is 2.94. The Labute approximate surface area is 121 Å². The SMILES string of the molecule is COC(=O)Nc1cc2[nH]c(-c3ccnc(C)c3)cc2cn1. The van der Waals surface area contributed by atoms with Crippen LogP contribution in [0.1, 0.15) is 5.69 Å². The summed E-state index contributed by atoms with van der Waals surface area (Å²) in [5, 5.41) is 3.51. The molecule has 0 saturated heterocycles. The monoisotopic (exact) mass is 282 g/mol. The number of hydrogen-bond acceptors (Lipinski definition) is 4. The number of pyridine rings is 2. The first-order valence-corrected chi connectivity index (χ1v) is 6.42. The van der Waals surface area contributed by atoms with Gasteiger partial charge in [0.1, 0.15) is 5.82 Å². The van der Waals surface area contributed by atoms with Gasteiger partial charge >= 0.3 is 6.09 Å². The number of rotatable bonds is 2. The largest absolute Gasteiger partial charge is 0.453 e. The minimum Gasteiger partial charge on any atom is -0.453 e. The predicted octanol–water partition coefficient (Wildman–Crippen LogP) is 3.11. The molecule has 0 unspecified atom stereocenters. The molecule has 0 aromatic carbocycles. The van der Waals surface area contributed by atoms with Crippen molar-refractivity contribution in [1.82, 2.24) is 15.0 Å². The molecule has 1 amide bonds. The highest BCUT2D eigenvalue weighted by molar-refractivity contribution is 5.90. The summed E-state index contributed by atoms with van der Waals surface area (Å²) < 4.78 is 4.55. The molecule has 3 rings (SSSR count). The highest BCUT2D eigenvalue weighted by Gasteiger charge is 2.07. The average Bonchev–Trinajstić information content (AvgIpc) is 2.90. The molecule has 2 N–H and O–H groups in total. The van der Waals surface area contributed by atoms with Crippen LogP contribution in [0.2, 0.25) is 0 Å². The van der Waals surface area contributed by atoms with Crippen molar-refractivity contribution in [3.63, 3.8) is 0 Å². The van der Waals surface area contributed by atoms with Crippen LogP contribution in [0.4, 0.5) is 10.6 Å². The number of hydrogen-bond donors (Lipinski definition) is 2. The zero-order valence-corrected chi connectivity index (χ0v) is 11.7. The van der Waals surface area contributed by atoms with Crippen LogP contribution in [-0.4, -0.2) is 28.2 Å². The minimum absolute atomic E-state index is 0.439. The van der Waals surface area contributed by atoms with Crippen LogP contribution in [0, 0.1) is 6.92 Å². The fraction of sp³-hybridized carbons (Fsp3) is 0.133. The van der Waals surface area contributed by atoms with Gasteiger partial charge in [0.05, 0.1) is 12.6 Å². The summed E-state index contributed by atoms with van der Waals surface area (Å²) in [5.74, 6) is 0.439. The fourth-order valence-corrected chi connectivity index (χ4v) is 2.12. The quantitative estimate of drug-likeness (QED) is 0.756. The van der Waals surface area contributed by atoms with Crippen molar-refractivity contribution in [2.75, 3.05) is 12.4 Å². The number of carbonyl (C=O) groups is 1. The Hall–Kier alpha value is -2.89. The number of anilines is 1. The van der Waals surface area contributed by atoms with Gasteiger partial charge in [-0.15, -0.1) is 0 Å². The molecule has 106 valence electrons. The third kappa shape index (κ3) is 2.69. The predicted molar refractivity (Wildman–Crippen MR) is 80.1 cm³/mol. The van der Waals surface area contributed by atoms with Crippen molar-refractivity contribution in [3.8, 4) is 11.3 Å². The molecule has 0 aliphatic carbocycles. The van der Waals surface area contributed by atoms with Crippen LogP contribution in [0.5, 0.6) is 0 Å². The van der Waals surface area contributed by atoms with Gasteiger partial charge in [-0.25, -0.2) is 9.78 Å². The van der Waals surface area contributed by atoms with E-state index in [0.717, 1.165) is 27.9 Å². The van der Waals surface area contributed by atoms with E-state index < -0.39 is 6.09 Å². The van der Waals surface area contributed by atoms with Crippen LogP contribution < -0.4 is 5.32 Å². The number of fused-ring (bicyclic) bond motifs is 1. The zero-order valence-electron chi connectivity index (χ0n) is 11.7. The maximum atomic E-state index is 11.2. The Kier molecular flexibility index (Phi) is 3.27. The molecule has 0 fully saturated rings. The molecule has 0 atom stereocenters. The lowest BCUT2D eigenvalue weighted by molar-refractivity contribution is 0.187. The van der Waals surface area contributed by atoms with Crippen molar-refractivity contribution in [2.24, 2.45) is 0 Å². The van der Waals surface area contributed by atoms with Crippen molar-refractivity contribution in [1.29, 1.82) is 0 Å². The molecule has 21 heavy (non-hydrogen) atoms. The van der Waals surface area contributed by atoms with Crippen LogP contribution in [0.3, 0.4) is 0 Å². The van der Waals surface area contributed by atoms with Gasteiger partial charge in [-0.3, -0.25) is 10.3 Å². The van der Waals surface area contributed by atoms with E-state index >= 15 is 0 Å². The Bertz CT molecular complexity index is 810. The molecule has 6 nitrogen and oxygen atoms in total. The van der Waals surface area contributed by atoms with E-state index in [4.69, 9.17) is 0 Å². The van der Waals surface area contributed by atoms with Gasteiger partial charge < -0.3 is 9.72 Å². The standard InChI is InChI=1S/C15H14N4O2/c1-9-5-10(3-4-16-9)12-6-11-8-17-14(7-13(11)18-12)19-15(20)21-2/h3-8,18H,1-2H3,(H,17,19,20). The number of nitrogens with zero attached hydrogens (tertiary/aromatic N) is 2. The first kappa shape index (κ1) is 13.1. The van der Waals surface area contributed by atoms with E-state index in [9.17, 15) is 4.79 Å². The molecule has 0 saturated carbocycles. The summed E-state index contributed by atoms with van der Waals surface area (Å²) in [7, 11) is 1.31. The van der Waals surface area contributed by atoms with Crippen molar-refractivity contribution in [3.05, 3.63) is 42.4 Å². The molecule has 3 aromatic heterocycles. The third-order valence-corrected chi connectivity index (χ3v) is 3.13. The van der Waals surface area contributed by atoms with E-state index in [-0.39, 0.29) is 0 Å². The van der Waals surface area contributed by atoms with E-state index in [1.165, 1.54) is 7.11 Å². The van der Waals surface area contributed by atoms with Crippen molar-refractivity contribution >= 4 is 22.8 Å². The number of aromatic amines is 1. The maximum Gasteiger partial charge on any atom is 0.412 e. The van der Waals surface area contributed by atoms with E-state index in [0.29, 0.717) is 5.82 Å². The van der Waals surface area contributed by atoms with E-state index in [1.807, 2.05) is 25.1 Å². The Morgan fingerprint density at radius 3 is 2.90 bits per heavy atom. The number of amides is 1. The van der Waals surface area contributed by atoms with Gasteiger partial charge in [0.15, 0.2) is 0 Å². The lowest BCUT2D eigenvalue weighted by atomic mass is 10.2. The van der Waals surface area contributed by atoms with Crippen LogP contribution in [0.15, 0.2) is 36.7 Å². The Balaban J connectivity index is 1.98. The summed E-state index contributed by atoms with van der Waals surface area (Å²) in [6.45, 7) is 1.95. The van der Waals surface area contributed by atoms with Crippen molar-refractivity contribution in [2.45, 2.75) is 6.92 Å². The maximum absolute atomic E-state index is 11.2. The summed E-state index contributed by atoms with van der Waals surface area (Å²) in [5.41, 5.74) is 3.88. The zero-order chi connectivity index (χ0) is 14.8. The highest BCUT2D eigenvalue weighted by Crippen LogP contribution is 2.25. The lowest BCUT2D eigenvalue weighted by Crippen LogP contribution is -2.11. The molecular formula is C15H14N4O2. The molecule has 3 heterocycles. The van der Waals surface area contributed by atoms with E-state index in [1.54, 1.807) is 18.5 Å². The topological polar surface area (TPSA) is 79.9 Å². The van der Waals surface area contributed by atoms with E-state index in [2.05, 4.69) is 25.0 Å². The highest BCUT2D eigenvalue weighted by atomic mass is 16.5. The second-order valence-electron chi connectivity index (χ2n) is 4.64. The molecule has 0 aliphatic heterocycles. The van der Waals surface area contributed by atoms with Crippen LogP contribution in [0.25, 0.3) is 22.2 Å². The van der Waals surface area contributed by atoms with Gasteiger partial charge in [0.25, 0.3) is 0 Å². The summed E-state index contributed by atoms with van der Waals surface area (Å²) in [6, 6.07) is 7.73. The number of carbonyl (C=O) groups excluding carboxylic acids is 1. The average molecular weight is 282 g/mol. The third-order valence-electron chi connectivity index (χ3n) is 3.13. The number of ether oxygens (including phenoxy) is 1. The molecule has 0 spiro atoms. The minimum atomic E-state index is -0.543. The van der Waals surface area contributed by atoms with Gasteiger partial charge in [-0.05, 0) is 25.1 Å². The van der Waals surface area contributed by atoms with Crippen molar-refractivity contribution < 1.29 is 9.53 Å². The van der Waals surface area contributed by atoms with Gasteiger partial charge in [0, 0.05) is 40.8 Å². The number of nitrogens with one attached hydrogen (secondary N) is 2. The number of methoxy groups -OCH3 is 1. The molecule has 0 bridgehead atoms. The van der Waals surface area contributed by atoms with Crippen LogP contribution in [-0.2, 0) is 4.74 Å². The van der Waals surface area contributed by atoms with Crippen LogP contribution >= 0.6 is 0 Å². The normalized spacial score (nSPS) is 10.6. The molecule has 6 heteroatoms. The fourth-order valence-electron chi connectivity index (χ4n) is 2.12. The number of aromatic nitrogens is 3. The van der Waals surface area contributed by atoms with Gasteiger partial charge in [0.2, 0.25) is 0 Å². The first-order valence-electron chi connectivity index (χ1n) is 6.42. The second kappa shape index (κ2) is 5.24. The second-order valence-corrected chi connectivity index (χ2v) is 4.64. The smallest absolute Gasteiger partial charge is 0.412 e. The number of aryl methyl sites for hydroxylation is 1. The van der Waals surface area contributed by atoms with Gasteiger partial charge in [-0.1, -0.05) is 0 Å². The lowest BCUT2D eigenvalue weighted by Gasteiger charge is -2.01. The Morgan fingerprint density at radius 2 is 2.14 bits per heavy atom. The Morgan fingerprint density at radius 1 is 1.29 bits per heavy atom. The summed E-state index contributed by atoms with van der Waals surface area (Å²) >= 11 is 0. The molecule has 0 aliphatic rings. The molecule has 3 aromatic rings. The number of H-pyrrole nitrogens is 1.